The number of alkyl halides is 3. The summed E-state index contributed by atoms with van der Waals surface area (Å²) in [4.78, 5) is 5.26. The first-order chi connectivity index (χ1) is 9.10. The Bertz CT molecular complexity index is 447. The lowest BCUT2D eigenvalue weighted by Crippen LogP contribution is -2.39. The minimum Gasteiger partial charge on any atom is -0.473 e. The van der Waals surface area contributed by atoms with E-state index in [0.717, 1.165) is 4.90 Å². The van der Waals surface area contributed by atoms with E-state index in [1.807, 2.05) is 0 Å². The maximum Gasteiger partial charge on any atom is 0.405 e. The van der Waals surface area contributed by atoms with E-state index in [1.54, 1.807) is 27.7 Å². The number of nitrogens with two attached hydrogens (primary N) is 1. The average molecular weight is 291 g/mol. The Kier molecular flexibility index (Phi) is 5.08. The summed E-state index contributed by atoms with van der Waals surface area (Å²) >= 11 is 0. The second-order valence-corrected chi connectivity index (χ2v) is 5.07. The zero-order valence-corrected chi connectivity index (χ0v) is 12.0. The van der Waals surface area contributed by atoms with Crippen molar-refractivity contribution in [3.63, 3.8) is 0 Å². The molecule has 114 valence electrons. The largest absolute Gasteiger partial charge is 0.473 e. The van der Waals surface area contributed by atoms with E-state index >= 15 is 0 Å². The van der Waals surface area contributed by atoms with Gasteiger partial charge in [0.05, 0.1) is 11.8 Å². The van der Waals surface area contributed by atoms with Gasteiger partial charge in [-0.1, -0.05) is 0 Å². The number of nitrogen functional groups attached to an aromatic ring is 1. The monoisotopic (exact) mass is 291 g/mol. The predicted molar refractivity (Wildman–Crippen MR) is 73.0 cm³/mol. The molecule has 0 spiro atoms. The minimum absolute atomic E-state index is 0.157. The van der Waals surface area contributed by atoms with Gasteiger partial charge in [0.1, 0.15) is 12.4 Å². The smallest absolute Gasteiger partial charge is 0.405 e. The van der Waals surface area contributed by atoms with Crippen LogP contribution in [-0.2, 0) is 0 Å². The molecule has 0 aliphatic rings. The molecular formula is C13H20F3N3O. The van der Waals surface area contributed by atoms with Gasteiger partial charge in [-0.25, -0.2) is 0 Å². The molecule has 1 heterocycles. The van der Waals surface area contributed by atoms with Crippen molar-refractivity contribution in [1.82, 2.24) is 4.98 Å². The molecule has 4 nitrogen and oxygen atoms in total. The molecule has 0 amide bonds. The molecule has 0 aliphatic heterocycles. The van der Waals surface area contributed by atoms with E-state index in [4.69, 9.17) is 10.5 Å². The lowest BCUT2D eigenvalue weighted by molar-refractivity contribution is -0.120. The van der Waals surface area contributed by atoms with Gasteiger partial charge in [-0.05, 0) is 39.8 Å². The lowest BCUT2D eigenvalue weighted by Gasteiger charge is -2.29. The van der Waals surface area contributed by atoms with Crippen LogP contribution in [0.2, 0.25) is 0 Å². The second-order valence-electron chi connectivity index (χ2n) is 5.07. The summed E-state index contributed by atoms with van der Waals surface area (Å²) in [6.45, 7) is 5.87. The molecule has 20 heavy (non-hydrogen) atoms. The van der Waals surface area contributed by atoms with Crippen molar-refractivity contribution in [1.29, 1.82) is 0 Å². The fourth-order valence-electron chi connectivity index (χ4n) is 1.64. The van der Waals surface area contributed by atoms with Crippen LogP contribution in [0.4, 0.5) is 24.7 Å². The highest BCUT2D eigenvalue weighted by Gasteiger charge is 2.32. The second kappa shape index (κ2) is 6.19. The van der Waals surface area contributed by atoms with Gasteiger partial charge in [-0.15, -0.1) is 0 Å². The van der Waals surface area contributed by atoms with Crippen molar-refractivity contribution < 1.29 is 17.9 Å². The van der Waals surface area contributed by atoms with Gasteiger partial charge < -0.3 is 15.4 Å². The fraction of sp³-hybridized carbons (Fsp3) is 0.615. The molecule has 0 bridgehead atoms. The number of hydrogen-bond donors (Lipinski definition) is 1. The number of nitrogens with zero attached hydrogens (tertiary/aromatic N) is 2. The van der Waals surface area contributed by atoms with E-state index in [1.165, 1.54) is 12.1 Å². The maximum absolute atomic E-state index is 12.6. The SMILES string of the molecule is CC(C)Oc1nc(N(CC(F)(F)F)C(C)C)ccc1N. The van der Waals surface area contributed by atoms with Gasteiger partial charge in [0.15, 0.2) is 0 Å². The normalized spacial score (nSPS) is 12.1. The summed E-state index contributed by atoms with van der Waals surface area (Å²) in [6.07, 6.45) is -4.46. The fourth-order valence-corrected chi connectivity index (χ4v) is 1.64. The summed E-state index contributed by atoms with van der Waals surface area (Å²) in [6, 6.07) is 2.62. The molecule has 0 saturated heterocycles. The van der Waals surface area contributed by atoms with Gasteiger partial charge in [0, 0.05) is 6.04 Å². The van der Waals surface area contributed by atoms with Crippen LogP contribution in [0.1, 0.15) is 27.7 Å². The van der Waals surface area contributed by atoms with E-state index in [0.29, 0.717) is 5.69 Å². The van der Waals surface area contributed by atoms with Crippen LogP contribution in [0.3, 0.4) is 0 Å². The van der Waals surface area contributed by atoms with Crippen LogP contribution in [0.25, 0.3) is 0 Å². The Hall–Kier alpha value is -1.66. The molecule has 0 unspecified atom stereocenters. The molecular weight excluding hydrogens is 271 g/mol. The van der Waals surface area contributed by atoms with Gasteiger partial charge >= 0.3 is 6.18 Å². The molecule has 0 atom stereocenters. The number of halogens is 3. The van der Waals surface area contributed by atoms with Crippen LogP contribution in [-0.4, -0.2) is 29.9 Å². The summed E-state index contributed by atoms with van der Waals surface area (Å²) in [5, 5.41) is 0. The first kappa shape index (κ1) is 16.4. The molecule has 2 N–H and O–H groups in total. The third-order valence-electron chi connectivity index (χ3n) is 2.49. The molecule has 1 aromatic heterocycles. The molecule has 1 aromatic rings. The summed E-state index contributed by atoms with van der Waals surface area (Å²) < 4.78 is 43.3. The third-order valence-corrected chi connectivity index (χ3v) is 2.49. The quantitative estimate of drug-likeness (QED) is 0.905. The average Bonchev–Trinajstić information content (AvgIpc) is 2.27. The number of hydrogen-bond acceptors (Lipinski definition) is 4. The van der Waals surface area contributed by atoms with Crippen molar-refractivity contribution in [2.45, 2.75) is 46.0 Å². The lowest BCUT2D eigenvalue weighted by atomic mass is 10.3. The van der Waals surface area contributed by atoms with Crippen molar-refractivity contribution in [2.75, 3.05) is 17.2 Å². The zero-order valence-electron chi connectivity index (χ0n) is 12.0. The maximum atomic E-state index is 12.6. The van der Waals surface area contributed by atoms with E-state index in [9.17, 15) is 13.2 Å². The minimum atomic E-state index is -4.30. The van der Waals surface area contributed by atoms with Crippen molar-refractivity contribution in [3.05, 3.63) is 12.1 Å². The third kappa shape index (κ3) is 4.79. The molecule has 0 fully saturated rings. The highest BCUT2D eigenvalue weighted by Crippen LogP contribution is 2.27. The Morgan fingerprint density at radius 1 is 1.25 bits per heavy atom. The topological polar surface area (TPSA) is 51.4 Å². The first-order valence-electron chi connectivity index (χ1n) is 6.36. The molecule has 0 saturated carbocycles. The standard InChI is InChI=1S/C13H20F3N3O/c1-8(2)19(7-13(14,15)16)11-6-5-10(17)12(18-11)20-9(3)4/h5-6,8-9H,7,17H2,1-4H3. The van der Waals surface area contributed by atoms with Crippen molar-refractivity contribution >= 4 is 11.5 Å². The Labute approximate surface area is 116 Å². The Morgan fingerprint density at radius 2 is 1.85 bits per heavy atom. The zero-order chi connectivity index (χ0) is 15.5. The highest BCUT2D eigenvalue weighted by atomic mass is 19.4. The predicted octanol–water partition coefficient (Wildman–Crippen LogP) is 3.23. The number of aromatic nitrogens is 1. The van der Waals surface area contributed by atoms with E-state index < -0.39 is 12.7 Å². The molecule has 7 heteroatoms. The van der Waals surface area contributed by atoms with Crippen LogP contribution in [0.5, 0.6) is 5.88 Å². The van der Waals surface area contributed by atoms with Crippen LogP contribution in [0, 0.1) is 0 Å². The number of anilines is 2. The Morgan fingerprint density at radius 3 is 2.30 bits per heavy atom. The molecule has 0 aliphatic carbocycles. The summed E-state index contributed by atoms with van der Waals surface area (Å²) in [7, 11) is 0. The summed E-state index contributed by atoms with van der Waals surface area (Å²) in [5.74, 6) is 0.354. The van der Waals surface area contributed by atoms with Gasteiger partial charge in [-0.3, -0.25) is 0 Å². The van der Waals surface area contributed by atoms with Crippen LogP contribution < -0.4 is 15.4 Å². The van der Waals surface area contributed by atoms with E-state index in [2.05, 4.69) is 4.98 Å². The summed E-state index contributed by atoms with van der Waals surface area (Å²) in [5.41, 5.74) is 6.02. The van der Waals surface area contributed by atoms with Crippen molar-refractivity contribution in [2.24, 2.45) is 0 Å². The number of rotatable bonds is 5. The number of ether oxygens (including phenoxy) is 1. The van der Waals surface area contributed by atoms with Gasteiger partial charge in [0.25, 0.3) is 0 Å². The van der Waals surface area contributed by atoms with Gasteiger partial charge in [0.2, 0.25) is 5.88 Å². The highest BCUT2D eigenvalue weighted by molar-refractivity contribution is 5.55. The van der Waals surface area contributed by atoms with Crippen LogP contribution >= 0.6 is 0 Å². The molecule has 0 aromatic carbocycles. The first-order valence-corrected chi connectivity index (χ1v) is 6.36. The van der Waals surface area contributed by atoms with E-state index in [-0.39, 0.29) is 23.8 Å². The Balaban J connectivity index is 3.08. The van der Waals surface area contributed by atoms with Crippen LogP contribution in [0.15, 0.2) is 12.1 Å². The van der Waals surface area contributed by atoms with Crippen molar-refractivity contribution in [3.8, 4) is 5.88 Å². The molecule has 0 radical (unpaired) electrons. The number of pyridine rings is 1. The molecule has 1 rings (SSSR count). The van der Waals surface area contributed by atoms with Gasteiger partial charge in [-0.2, -0.15) is 18.2 Å².